The lowest BCUT2D eigenvalue weighted by Gasteiger charge is -2.24. The van der Waals surface area contributed by atoms with E-state index in [1.165, 1.54) is 29.6 Å². The minimum Gasteiger partial charge on any atom is -0.493 e. The Morgan fingerprint density at radius 1 is 1.21 bits per heavy atom. The molecule has 2 heterocycles. The molecule has 0 saturated carbocycles. The number of nitrogens with one attached hydrogen (secondary N) is 1. The Bertz CT molecular complexity index is 1080. The monoisotopic (exact) mass is 386 g/mol. The molecule has 3 aromatic rings. The number of pyridine rings is 1. The molecular weight excluding hydrogens is 364 g/mol. The highest BCUT2D eigenvalue weighted by Crippen LogP contribution is 2.37. The molecule has 0 bridgehead atoms. The van der Waals surface area contributed by atoms with Crippen LogP contribution in [-0.4, -0.2) is 22.7 Å². The van der Waals surface area contributed by atoms with E-state index in [9.17, 15) is 9.90 Å². The molecule has 0 spiro atoms. The highest BCUT2D eigenvalue weighted by atomic mass is 16.5. The molecule has 0 amide bonds. The van der Waals surface area contributed by atoms with Gasteiger partial charge in [0, 0.05) is 17.7 Å². The predicted molar refractivity (Wildman–Crippen MR) is 113 cm³/mol. The van der Waals surface area contributed by atoms with Gasteiger partial charge in [0.1, 0.15) is 5.75 Å². The third kappa shape index (κ3) is 4.14. The molecule has 0 radical (unpaired) electrons. The van der Waals surface area contributed by atoms with E-state index in [4.69, 9.17) is 4.74 Å². The normalized spacial score (nSPS) is 15.6. The van der Waals surface area contributed by atoms with E-state index in [0.29, 0.717) is 12.3 Å². The van der Waals surface area contributed by atoms with Gasteiger partial charge < -0.3 is 15.2 Å². The van der Waals surface area contributed by atoms with Crippen LogP contribution in [-0.2, 0) is 0 Å². The van der Waals surface area contributed by atoms with Crippen LogP contribution in [0.15, 0.2) is 73.2 Å². The molecule has 2 N–H and O–H groups in total. The van der Waals surface area contributed by atoms with Crippen LogP contribution >= 0.6 is 0 Å². The SMILES string of the molecule is Cc1cccc(-c2ccc3c(c2)OCCC3/C=C/Nc2cnccc2C(=O)O)c1. The van der Waals surface area contributed by atoms with Crippen molar-refractivity contribution in [1.82, 2.24) is 4.98 Å². The average molecular weight is 386 g/mol. The Kier molecular flexibility index (Phi) is 5.29. The summed E-state index contributed by atoms with van der Waals surface area (Å²) in [7, 11) is 0. The number of hydrogen-bond donors (Lipinski definition) is 2. The van der Waals surface area contributed by atoms with Crippen LogP contribution < -0.4 is 10.1 Å². The molecule has 0 fully saturated rings. The number of hydrogen-bond acceptors (Lipinski definition) is 4. The number of benzene rings is 2. The summed E-state index contributed by atoms with van der Waals surface area (Å²) in [5.41, 5.74) is 5.34. The molecule has 146 valence electrons. The number of aryl methyl sites for hydroxylation is 1. The van der Waals surface area contributed by atoms with Gasteiger partial charge in [-0.05, 0) is 42.8 Å². The Morgan fingerprint density at radius 3 is 2.90 bits per heavy atom. The van der Waals surface area contributed by atoms with Crippen molar-refractivity contribution in [2.24, 2.45) is 0 Å². The first kappa shape index (κ1) is 18.7. The van der Waals surface area contributed by atoms with Gasteiger partial charge in [-0.3, -0.25) is 4.98 Å². The smallest absolute Gasteiger partial charge is 0.337 e. The first-order chi connectivity index (χ1) is 14.1. The van der Waals surface area contributed by atoms with Gasteiger partial charge >= 0.3 is 5.97 Å². The maximum Gasteiger partial charge on any atom is 0.337 e. The van der Waals surface area contributed by atoms with E-state index in [2.05, 4.69) is 59.7 Å². The van der Waals surface area contributed by atoms with Crippen molar-refractivity contribution in [1.29, 1.82) is 0 Å². The number of aromatic carboxylic acids is 1. The second kappa shape index (κ2) is 8.19. The number of carboxylic acids is 1. The van der Waals surface area contributed by atoms with Crippen LogP contribution in [0.3, 0.4) is 0 Å². The molecule has 0 aliphatic carbocycles. The number of nitrogens with zero attached hydrogens (tertiary/aromatic N) is 1. The van der Waals surface area contributed by atoms with Crippen molar-refractivity contribution in [3.05, 3.63) is 89.9 Å². The van der Waals surface area contributed by atoms with E-state index in [0.717, 1.165) is 23.3 Å². The van der Waals surface area contributed by atoms with E-state index < -0.39 is 5.97 Å². The Morgan fingerprint density at radius 2 is 2.07 bits per heavy atom. The molecule has 4 rings (SSSR count). The van der Waals surface area contributed by atoms with Crippen LogP contribution in [0.1, 0.15) is 33.8 Å². The first-order valence-corrected chi connectivity index (χ1v) is 9.56. The van der Waals surface area contributed by atoms with Gasteiger partial charge in [-0.2, -0.15) is 0 Å². The largest absolute Gasteiger partial charge is 0.493 e. The number of anilines is 1. The van der Waals surface area contributed by atoms with E-state index in [-0.39, 0.29) is 11.5 Å². The topological polar surface area (TPSA) is 71.5 Å². The molecule has 1 unspecified atom stereocenters. The van der Waals surface area contributed by atoms with Crippen molar-refractivity contribution in [3.63, 3.8) is 0 Å². The average Bonchev–Trinajstić information content (AvgIpc) is 2.74. The summed E-state index contributed by atoms with van der Waals surface area (Å²) in [5, 5.41) is 12.3. The standard InChI is InChI=1S/C24H22N2O3/c1-16-3-2-4-18(13-16)19-5-6-20-17(9-12-29-23(20)14-19)7-11-26-22-15-25-10-8-21(22)24(27)28/h2-8,10-11,13-15,17,26H,9,12H2,1H3,(H,27,28)/b11-7+. The van der Waals surface area contributed by atoms with Gasteiger partial charge in [-0.15, -0.1) is 0 Å². The zero-order valence-corrected chi connectivity index (χ0v) is 16.1. The van der Waals surface area contributed by atoms with Gasteiger partial charge in [0.05, 0.1) is 24.1 Å². The Balaban J connectivity index is 1.54. The summed E-state index contributed by atoms with van der Waals surface area (Å²) in [6, 6.07) is 16.2. The maximum atomic E-state index is 11.3. The third-order valence-electron chi connectivity index (χ3n) is 5.07. The lowest BCUT2D eigenvalue weighted by molar-refractivity contribution is 0.0698. The quantitative estimate of drug-likeness (QED) is 0.627. The Labute approximate surface area is 169 Å². The highest BCUT2D eigenvalue weighted by molar-refractivity contribution is 5.94. The van der Waals surface area contributed by atoms with Crippen LogP contribution in [0.25, 0.3) is 11.1 Å². The zero-order chi connectivity index (χ0) is 20.2. The van der Waals surface area contributed by atoms with Gasteiger partial charge in [0.2, 0.25) is 0 Å². The molecule has 5 heteroatoms. The second-order valence-electron chi connectivity index (χ2n) is 7.10. The molecule has 1 aliphatic heterocycles. The van der Waals surface area contributed by atoms with E-state index in [1.807, 2.05) is 6.08 Å². The fraction of sp³-hybridized carbons (Fsp3) is 0.167. The summed E-state index contributed by atoms with van der Waals surface area (Å²) in [6.45, 7) is 2.73. The summed E-state index contributed by atoms with van der Waals surface area (Å²) in [4.78, 5) is 15.3. The first-order valence-electron chi connectivity index (χ1n) is 9.56. The molecule has 2 aromatic carbocycles. The number of ether oxygens (including phenoxy) is 1. The van der Waals surface area contributed by atoms with Gasteiger partial charge in [-0.1, -0.05) is 48.0 Å². The fourth-order valence-corrected chi connectivity index (χ4v) is 3.57. The highest BCUT2D eigenvalue weighted by Gasteiger charge is 2.20. The third-order valence-corrected chi connectivity index (χ3v) is 5.07. The van der Waals surface area contributed by atoms with Gasteiger partial charge in [0.15, 0.2) is 0 Å². The molecule has 1 aromatic heterocycles. The minimum atomic E-state index is -0.983. The van der Waals surface area contributed by atoms with Crippen LogP contribution in [0, 0.1) is 6.92 Å². The molecular formula is C24H22N2O3. The van der Waals surface area contributed by atoms with E-state index >= 15 is 0 Å². The minimum absolute atomic E-state index is 0.194. The lowest BCUT2D eigenvalue weighted by atomic mass is 9.91. The van der Waals surface area contributed by atoms with E-state index in [1.54, 1.807) is 6.20 Å². The number of rotatable bonds is 5. The Hall–Kier alpha value is -3.60. The summed E-state index contributed by atoms with van der Waals surface area (Å²) in [6.07, 6.45) is 7.69. The number of carbonyl (C=O) groups is 1. The summed E-state index contributed by atoms with van der Waals surface area (Å²) >= 11 is 0. The number of carboxylic acid groups (broad SMARTS) is 1. The molecule has 5 nitrogen and oxygen atoms in total. The molecule has 1 aliphatic rings. The van der Waals surface area contributed by atoms with Crippen molar-refractivity contribution in [2.75, 3.05) is 11.9 Å². The number of fused-ring (bicyclic) bond motifs is 1. The lowest BCUT2D eigenvalue weighted by Crippen LogP contribution is -2.13. The summed E-state index contributed by atoms with van der Waals surface area (Å²) < 4.78 is 5.92. The van der Waals surface area contributed by atoms with Crippen LogP contribution in [0.5, 0.6) is 5.75 Å². The maximum absolute atomic E-state index is 11.3. The molecule has 1 atom stereocenters. The number of allylic oxidation sites excluding steroid dienone is 1. The second-order valence-corrected chi connectivity index (χ2v) is 7.10. The molecule has 0 saturated heterocycles. The van der Waals surface area contributed by atoms with Crippen molar-refractivity contribution in [2.45, 2.75) is 19.3 Å². The number of aromatic nitrogens is 1. The van der Waals surface area contributed by atoms with Gasteiger partial charge in [-0.25, -0.2) is 4.79 Å². The van der Waals surface area contributed by atoms with Crippen molar-refractivity contribution in [3.8, 4) is 16.9 Å². The summed E-state index contributed by atoms with van der Waals surface area (Å²) in [5.74, 6) is 0.114. The molecule has 29 heavy (non-hydrogen) atoms. The van der Waals surface area contributed by atoms with Crippen molar-refractivity contribution < 1.29 is 14.6 Å². The fourth-order valence-electron chi connectivity index (χ4n) is 3.57. The van der Waals surface area contributed by atoms with Gasteiger partial charge in [0.25, 0.3) is 0 Å². The van der Waals surface area contributed by atoms with Crippen molar-refractivity contribution >= 4 is 11.7 Å². The van der Waals surface area contributed by atoms with Crippen LogP contribution in [0.4, 0.5) is 5.69 Å². The van der Waals surface area contributed by atoms with Crippen LogP contribution in [0.2, 0.25) is 0 Å². The zero-order valence-electron chi connectivity index (χ0n) is 16.1. The predicted octanol–water partition coefficient (Wildman–Crippen LogP) is 5.25.